The third-order valence-corrected chi connectivity index (χ3v) is 4.71. The zero-order valence-corrected chi connectivity index (χ0v) is 19.2. The number of benzene rings is 3. The lowest BCUT2D eigenvalue weighted by atomic mass is 10.2. The molecule has 0 saturated carbocycles. The number of hydrogen-bond acceptors (Lipinski definition) is 7. The van der Waals surface area contributed by atoms with Gasteiger partial charge in [-0.15, -0.1) is 0 Å². The maximum absolute atomic E-state index is 12.3. The van der Waals surface area contributed by atoms with Crippen molar-refractivity contribution in [3.63, 3.8) is 0 Å². The predicted octanol–water partition coefficient (Wildman–Crippen LogP) is 3.57. The van der Waals surface area contributed by atoms with Crippen LogP contribution < -0.4 is 30.0 Å². The second kappa shape index (κ2) is 12.0. The van der Waals surface area contributed by atoms with Gasteiger partial charge in [-0.3, -0.25) is 4.79 Å². The Balaban J connectivity index is 1.61. The summed E-state index contributed by atoms with van der Waals surface area (Å²) < 4.78 is 21.7. The van der Waals surface area contributed by atoms with E-state index in [1.54, 1.807) is 24.3 Å². The average molecular weight is 466 g/mol. The Labute approximate surface area is 198 Å². The second-order valence-corrected chi connectivity index (χ2v) is 6.98. The molecule has 0 unspecified atom stereocenters. The molecule has 178 valence electrons. The summed E-state index contributed by atoms with van der Waals surface area (Å²) >= 11 is 0. The highest BCUT2D eigenvalue weighted by molar-refractivity contribution is 5.99. The average Bonchev–Trinajstić information content (AvgIpc) is 2.87. The first-order valence-electron chi connectivity index (χ1n) is 10.4. The number of nitrogens with zero attached hydrogens (tertiary/aromatic N) is 1. The van der Waals surface area contributed by atoms with Gasteiger partial charge in [-0.25, -0.2) is 0 Å². The number of para-hydroxylation sites is 1. The first-order valence-corrected chi connectivity index (χ1v) is 10.4. The van der Waals surface area contributed by atoms with Gasteiger partial charge in [0.25, 0.3) is 5.91 Å². The van der Waals surface area contributed by atoms with Crippen LogP contribution in [0.2, 0.25) is 0 Å². The van der Waals surface area contributed by atoms with E-state index in [9.17, 15) is 4.79 Å². The molecule has 9 heteroatoms. The maximum atomic E-state index is 12.3. The van der Waals surface area contributed by atoms with Crippen molar-refractivity contribution in [2.24, 2.45) is 10.9 Å². The molecule has 3 aromatic rings. The van der Waals surface area contributed by atoms with Crippen molar-refractivity contribution < 1.29 is 28.6 Å². The molecule has 34 heavy (non-hydrogen) atoms. The monoisotopic (exact) mass is 465 g/mol. The summed E-state index contributed by atoms with van der Waals surface area (Å²) in [6, 6.07) is 20.2. The van der Waals surface area contributed by atoms with Gasteiger partial charge < -0.3 is 34.8 Å². The summed E-state index contributed by atoms with van der Waals surface area (Å²) in [6.45, 7) is 0.0214. The number of rotatable bonds is 11. The van der Waals surface area contributed by atoms with Crippen molar-refractivity contribution in [2.75, 3.05) is 33.3 Å². The van der Waals surface area contributed by atoms with Gasteiger partial charge in [-0.05, 0) is 17.7 Å². The number of ether oxygens (including phenoxy) is 4. The normalized spacial score (nSPS) is 10.9. The van der Waals surface area contributed by atoms with Crippen LogP contribution in [0.25, 0.3) is 0 Å². The molecule has 0 radical (unpaired) electrons. The van der Waals surface area contributed by atoms with Gasteiger partial charge in [0.2, 0.25) is 5.75 Å². The molecule has 1 amide bonds. The molecule has 9 nitrogen and oxygen atoms in total. The Kier molecular flexibility index (Phi) is 8.56. The lowest BCUT2D eigenvalue weighted by molar-refractivity contribution is -0.120. The highest BCUT2D eigenvalue weighted by atomic mass is 16.6. The Hall–Kier alpha value is -4.40. The molecule has 0 saturated heterocycles. The SMILES string of the molecule is COc1cc(NC(=O)CO/N=C(/N)c2ccccc2OCc2ccccc2)cc(OC)c1OC. The summed E-state index contributed by atoms with van der Waals surface area (Å²) in [5.74, 6) is 1.44. The van der Waals surface area contributed by atoms with Crippen LogP contribution in [-0.2, 0) is 16.2 Å². The molecule has 0 bridgehead atoms. The number of carbonyl (C=O) groups is 1. The van der Waals surface area contributed by atoms with Crippen LogP contribution in [0.15, 0.2) is 71.9 Å². The molecule has 0 fully saturated rings. The van der Waals surface area contributed by atoms with E-state index in [1.807, 2.05) is 42.5 Å². The number of nitrogens with two attached hydrogens (primary N) is 1. The molecule has 0 aromatic heterocycles. The maximum Gasteiger partial charge on any atom is 0.265 e. The van der Waals surface area contributed by atoms with E-state index >= 15 is 0 Å². The van der Waals surface area contributed by atoms with Crippen molar-refractivity contribution in [1.82, 2.24) is 0 Å². The predicted molar refractivity (Wildman–Crippen MR) is 129 cm³/mol. The quantitative estimate of drug-likeness (QED) is 0.253. The molecule has 0 heterocycles. The minimum atomic E-state index is -0.445. The van der Waals surface area contributed by atoms with Crippen molar-refractivity contribution in [1.29, 1.82) is 0 Å². The van der Waals surface area contributed by atoms with E-state index in [4.69, 9.17) is 29.5 Å². The van der Waals surface area contributed by atoms with E-state index in [2.05, 4.69) is 10.5 Å². The zero-order chi connectivity index (χ0) is 24.3. The van der Waals surface area contributed by atoms with Crippen molar-refractivity contribution >= 4 is 17.4 Å². The van der Waals surface area contributed by atoms with Gasteiger partial charge in [0.1, 0.15) is 12.4 Å². The molecule has 3 aromatic carbocycles. The smallest absolute Gasteiger partial charge is 0.265 e. The van der Waals surface area contributed by atoms with E-state index in [0.717, 1.165) is 5.56 Å². The number of amidine groups is 1. The number of hydrogen-bond donors (Lipinski definition) is 2. The fourth-order valence-corrected chi connectivity index (χ4v) is 3.10. The minimum Gasteiger partial charge on any atom is -0.493 e. The topological polar surface area (TPSA) is 114 Å². The Morgan fingerprint density at radius 1 is 0.882 bits per heavy atom. The highest BCUT2D eigenvalue weighted by Crippen LogP contribution is 2.39. The van der Waals surface area contributed by atoms with E-state index < -0.39 is 5.91 Å². The van der Waals surface area contributed by atoms with Gasteiger partial charge in [0.15, 0.2) is 23.9 Å². The number of methoxy groups -OCH3 is 3. The summed E-state index contributed by atoms with van der Waals surface area (Å²) in [4.78, 5) is 17.5. The highest BCUT2D eigenvalue weighted by Gasteiger charge is 2.15. The van der Waals surface area contributed by atoms with Crippen LogP contribution in [0.1, 0.15) is 11.1 Å². The molecule has 0 atom stereocenters. The van der Waals surface area contributed by atoms with Crippen molar-refractivity contribution in [3.05, 3.63) is 77.9 Å². The number of nitrogens with one attached hydrogen (secondary N) is 1. The molecular weight excluding hydrogens is 438 g/mol. The van der Waals surface area contributed by atoms with Gasteiger partial charge in [-0.2, -0.15) is 0 Å². The Bertz CT molecular complexity index is 1110. The van der Waals surface area contributed by atoms with Crippen molar-refractivity contribution in [2.45, 2.75) is 6.61 Å². The van der Waals surface area contributed by atoms with Crippen LogP contribution in [-0.4, -0.2) is 39.7 Å². The van der Waals surface area contributed by atoms with Crippen LogP contribution in [0.5, 0.6) is 23.0 Å². The van der Waals surface area contributed by atoms with E-state index in [1.165, 1.54) is 21.3 Å². The summed E-state index contributed by atoms with van der Waals surface area (Å²) in [5, 5.41) is 6.56. The number of carbonyl (C=O) groups excluding carboxylic acids is 1. The van der Waals surface area contributed by atoms with Crippen LogP contribution in [0, 0.1) is 0 Å². The molecule has 0 spiro atoms. The third-order valence-electron chi connectivity index (χ3n) is 4.71. The largest absolute Gasteiger partial charge is 0.493 e. The number of anilines is 1. The lowest BCUT2D eigenvalue weighted by Crippen LogP contribution is -2.20. The first kappa shape index (κ1) is 24.2. The van der Waals surface area contributed by atoms with E-state index in [-0.39, 0.29) is 12.4 Å². The van der Waals surface area contributed by atoms with E-state index in [0.29, 0.717) is 40.9 Å². The second-order valence-electron chi connectivity index (χ2n) is 6.98. The third kappa shape index (κ3) is 6.32. The van der Waals surface area contributed by atoms with Crippen LogP contribution >= 0.6 is 0 Å². The van der Waals surface area contributed by atoms with Crippen LogP contribution in [0.3, 0.4) is 0 Å². The summed E-state index contributed by atoms with van der Waals surface area (Å²) in [6.07, 6.45) is 0. The molecule has 0 aliphatic heterocycles. The molecule has 0 aliphatic carbocycles. The lowest BCUT2D eigenvalue weighted by Gasteiger charge is -2.14. The summed E-state index contributed by atoms with van der Waals surface area (Å²) in [5.41, 5.74) is 8.10. The molecular formula is C25H27N3O6. The fraction of sp³-hybridized carbons (Fsp3) is 0.200. The van der Waals surface area contributed by atoms with Gasteiger partial charge in [-0.1, -0.05) is 47.6 Å². The molecule has 3 N–H and O–H groups in total. The summed E-state index contributed by atoms with van der Waals surface area (Å²) in [7, 11) is 4.48. The fourth-order valence-electron chi connectivity index (χ4n) is 3.10. The zero-order valence-electron chi connectivity index (χ0n) is 19.2. The minimum absolute atomic E-state index is 0.0873. The van der Waals surface area contributed by atoms with Crippen molar-refractivity contribution in [3.8, 4) is 23.0 Å². The van der Waals surface area contributed by atoms with Gasteiger partial charge in [0, 0.05) is 17.8 Å². The van der Waals surface area contributed by atoms with Gasteiger partial charge in [0.05, 0.1) is 26.9 Å². The van der Waals surface area contributed by atoms with Gasteiger partial charge >= 0.3 is 0 Å². The standard InChI is InChI=1S/C25H27N3O6/c1-30-21-13-18(14-22(31-2)24(21)32-3)27-23(29)16-34-28-25(26)19-11-7-8-12-20(19)33-15-17-9-5-4-6-10-17/h4-14H,15-16H2,1-3H3,(H2,26,28)(H,27,29). The number of amides is 1. The Morgan fingerprint density at radius 2 is 1.53 bits per heavy atom. The van der Waals surface area contributed by atoms with Crippen LogP contribution in [0.4, 0.5) is 5.69 Å². The first-order chi connectivity index (χ1) is 16.5. The molecule has 3 rings (SSSR count). The number of oxime groups is 1. The molecule has 0 aliphatic rings. The Morgan fingerprint density at radius 3 is 2.18 bits per heavy atom.